The summed E-state index contributed by atoms with van der Waals surface area (Å²) in [5.74, 6) is -0.220. The number of amides is 2. The maximum Gasteiger partial charge on any atom is 0.404 e. The van der Waals surface area contributed by atoms with E-state index >= 15 is 0 Å². The van der Waals surface area contributed by atoms with Gasteiger partial charge in [-0.25, -0.2) is 9.18 Å². The molecule has 2 amide bonds. The second kappa shape index (κ2) is 7.51. The van der Waals surface area contributed by atoms with Crippen LogP contribution in [0.5, 0.6) is 0 Å². The largest absolute Gasteiger partial charge is 0.465 e. The van der Waals surface area contributed by atoms with Crippen molar-refractivity contribution < 1.29 is 19.1 Å². The van der Waals surface area contributed by atoms with Crippen molar-refractivity contribution in [3.8, 4) is 0 Å². The summed E-state index contributed by atoms with van der Waals surface area (Å²) in [4.78, 5) is 25.6. The Morgan fingerprint density at radius 2 is 2.07 bits per heavy atom. The van der Waals surface area contributed by atoms with Gasteiger partial charge in [0.05, 0.1) is 24.1 Å². The Morgan fingerprint density at radius 3 is 2.80 bits per heavy atom. The van der Waals surface area contributed by atoms with Gasteiger partial charge < -0.3 is 20.6 Å². The molecule has 0 saturated carbocycles. The van der Waals surface area contributed by atoms with E-state index in [9.17, 15) is 14.0 Å². The molecule has 154 valence electrons. The third-order valence-corrected chi connectivity index (χ3v) is 5.01. The fraction of sp³-hybridized carbons (Fsp3) is 0.190. The third kappa shape index (κ3) is 3.57. The molecule has 8 nitrogen and oxygen atoms in total. The van der Waals surface area contributed by atoms with Crippen LogP contribution < -0.4 is 15.5 Å². The Hall–Kier alpha value is -3.88. The summed E-state index contributed by atoms with van der Waals surface area (Å²) in [5, 5.41) is 18.4. The van der Waals surface area contributed by atoms with Crippen molar-refractivity contribution in [3.63, 3.8) is 0 Å². The van der Waals surface area contributed by atoms with Gasteiger partial charge in [0.25, 0.3) is 5.91 Å². The lowest BCUT2D eigenvalue weighted by atomic mass is 10.1. The Bertz CT molecular complexity index is 1160. The van der Waals surface area contributed by atoms with Crippen LogP contribution in [-0.2, 0) is 20.1 Å². The number of rotatable bonds is 3. The lowest BCUT2D eigenvalue weighted by Crippen LogP contribution is -2.30. The van der Waals surface area contributed by atoms with Crippen molar-refractivity contribution in [2.75, 3.05) is 10.2 Å². The lowest BCUT2D eigenvalue weighted by molar-refractivity contribution is 0.0985. The SMILES string of the molecule is Cc1ccc2c(c1)Nc1c(cnn1C)CN2C(=O)c1ccc(CNC(=O)O)c(F)c1. The molecule has 0 unspecified atom stereocenters. The van der Waals surface area contributed by atoms with E-state index in [0.29, 0.717) is 5.69 Å². The van der Waals surface area contributed by atoms with E-state index in [1.165, 1.54) is 12.1 Å². The summed E-state index contributed by atoms with van der Waals surface area (Å²) < 4.78 is 16.2. The smallest absolute Gasteiger partial charge is 0.404 e. The van der Waals surface area contributed by atoms with Gasteiger partial charge in [-0.3, -0.25) is 9.48 Å². The van der Waals surface area contributed by atoms with E-state index in [1.54, 1.807) is 15.8 Å². The number of carbonyl (C=O) groups is 2. The Kier molecular flexibility index (Phi) is 4.86. The van der Waals surface area contributed by atoms with Gasteiger partial charge in [-0.05, 0) is 36.8 Å². The van der Waals surface area contributed by atoms with Gasteiger partial charge in [-0.1, -0.05) is 12.1 Å². The monoisotopic (exact) mass is 409 g/mol. The summed E-state index contributed by atoms with van der Waals surface area (Å²) in [6.07, 6.45) is 0.452. The first-order valence-electron chi connectivity index (χ1n) is 9.29. The second-order valence-corrected chi connectivity index (χ2v) is 7.14. The second-order valence-electron chi connectivity index (χ2n) is 7.14. The standard InChI is InChI=1S/C21H20FN5O3/c1-12-3-6-18-17(7-12)25-19-15(10-24-26(19)2)11-27(18)20(28)13-4-5-14(16(22)8-13)9-23-21(29)30/h3-8,10,23,25H,9,11H2,1-2H3,(H,29,30). The highest BCUT2D eigenvalue weighted by atomic mass is 19.1. The number of hydrogen-bond donors (Lipinski definition) is 3. The number of nitrogens with one attached hydrogen (secondary N) is 2. The summed E-state index contributed by atoms with van der Waals surface area (Å²) >= 11 is 0. The van der Waals surface area contributed by atoms with E-state index in [-0.39, 0.29) is 30.1 Å². The molecule has 1 aliphatic rings. The van der Waals surface area contributed by atoms with E-state index in [2.05, 4.69) is 15.7 Å². The zero-order valence-electron chi connectivity index (χ0n) is 16.4. The molecule has 3 aromatic rings. The fourth-order valence-corrected chi connectivity index (χ4v) is 3.46. The van der Waals surface area contributed by atoms with Gasteiger partial charge in [0.1, 0.15) is 11.6 Å². The maximum atomic E-state index is 14.5. The van der Waals surface area contributed by atoms with Crippen molar-refractivity contribution in [2.45, 2.75) is 20.0 Å². The minimum atomic E-state index is -1.24. The van der Waals surface area contributed by atoms with Crippen LogP contribution in [0, 0.1) is 12.7 Å². The number of fused-ring (bicyclic) bond motifs is 2. The molecule has 0 saturated heterocycles. The van der Waals surface area contributed by atoms with Crippen molar-refractivity contribution in [1.29, 1.82) is 0 Å². The van der Waals surface area contributed by atoms with Crippen molar-refractivity contribution in [3.05, 3.63) is 70.7 Å². The molecular weight excluding hydrogens is 389 g/mol. The van der Waals surface area contributed by atoms with Gasteiger partial charge in [0.15, 0.2) is 0 Å². The number of hydrogen-bond acceptors (Lipinski definition) is 4. The van der Waals surface area contributed by atoms with Crippen LogP contribution >= 0.6 is 0 Å². The van der Waals surface area contributed by atoms with Crippen LogP contribution in [0.4, 0.5) is 26.4 Å². The number of carbonyl (C=O) groups excluding carboxylic acids is 1. The summed E-state index contributed by atoms with van der Waals surface area (Å²) in [6, 6.07) is 9.77. The average molecular weight is 409 g/mol. The lowest BCUT2D eigenvalue weighted by Gasteiger charge is -2.23. The minimum Gasteiger partial charge on any atom is -0.465 e. The number of aryl methyl sites for hydroxylation is 2. The molecule has 0 spiro atoms. The molecule has 0 aliphatic carbocycles. The van der Waals surface area contributed by atoms with E-state index in [0.717, 1.165) is 28.7 Å². The van der Waals surface area contributed by atoms with Crippen LogP contribution in [0.3, 0.4) is 0 Å². The number of halogens is 1. The quantitative estimate of drug-likeness (QED) is 0.615. The Morgan fingerprint density at radius 1 is 1.27 bits per heavy atom. The molecule has 0 bridgehead atoms. The average Bonchev–Trinajstić information content (AvgIpc) is 2.95. The fourth-order valence-electron chi connectivity index (χ4n) is 3.46. The number of anilines is 3. The molecule has 1 aromatic heterocycles. The summed E-state index contributed by atoms with van der Waals surface area (Å²) in [5.41, 5.74) is 3.64. The predicted molar refractivity (Wildman–Crippen MR) is 109 cm³/mol. The molecule has 30 heavy (non-hydrogen) atoms. The summed E-state index contributed by atoms with van der Waals surface area (Å²) in [7, 11) is 1.82. The van der Waals surface area contributed by atoms with E-state index < -0.39 is 11.9 Å². The van der Waals surface area contributed by atoms with Crippen molar-refractivity contribution >= 4 is 29.2 Å². The minimum absolute atomic E-state index is 0.164. The van der Waals surface area contributed by atoms with Crippen molar-refractivity contribution in [1.82, 2.24) is 15.1 Å². The predicted octanol–water partition coefficient (Wildman–Crippen LogP) is 3.54. The molecule has 3 N–H and O–H groups in total. The van der Waals surface area contributed by atoms with Crippen LogP contribution in [0.1, 0.15) is 27.0 Å². The topological polar surface area (TPSA) is 99.5 Å². The molecule has 0 atom stereocenters. The van der Waals surface area contributed by atoms with Crippen LogP contribution in [0.25, 0.3) is 0 Å². The molecule has 4 rings (SSSR count). The van der Waals surface area contributed by atoms with Crippen molar-refractivity contribution in [2.24, 2.45) is 7.05 Å². The van der Waals surface area contributed by atoms with Gasteiger partial charge >= 0.3 is 6.09 Å². The number of carboxylic acid groups (broad SMARTS) is 1. The van der Waals surface area contributed by atoms with Crippen LogP contribution in [0.2, 0.25) is 0 Å². The highest BCUT2D eigenvalue weighted by Gasteiger charge is 2.27. The van der Waals surface area contributed by atoms with Crippen LogP contribution in [-0.4, -0.2) is 26.9 Å². The molecule has 0 radical (unpaired) electrons. The molecule has 9 heteroatoms. The number of nitrogens with zero attached hydrogens (tertiary/aromatic N) is 3. The first kappa shape index (κ1) is 19.4. The summed E-state index contributed by atoms with van der Waals surface area (Å²) in [6.45, 7) is 2.06. The van der Waals surface area contributed by atoms with Gasteiger partial charge in [0.2, 0.25) is 0 Å². The first-order chi connectivity index (χ1) is 14.3. The highest BCUT2D eigenvalue weighted by molar-refractivity contribution is 6.08. The zero-order valence-corrected chi connectivity index (χ0v) is 16.4. The molecular formula is C21H20FN5O3. The number of benzene rings is 2. The first-order valence-corrected chi connectivity index (χ1v) is 9.29. The molecule has 2 heterocycles. The molecule has 1 aliphatic heterocycles. The van der Waals surface area contributed by atoms with Gasteiger partial charge in [-0.15, -0.1) is 0 Å². The van der Waals surface area contributed by atoms with Gasteiger partial charge in [0, 0.05) is 30.3 Å². The molecule has 0 fully saturated rings. The zero-order chi connectivity index (χ0) is 21.4. The van der Waals surface area contributed by atoms with Crippen LogP contribution in [0.15, 0.2) is 42.6 Å². The molecule has 2 aromatic carbocycles. The highest BCUT2D eigenvalue weighted by Crippen LogP contribution is 2.37. The Balaban J connectivity index is 1.71. The number of aromatic nitrogens is 2. The van der Waals surface area contributed by atoms with E-state index in [4.69, 9.17) is 5.11 Å². The third-order valence-electron chi connectivity index (χ3n) is 5.01. The van der Waals surface area contributed by atoms with Gasteiger partial charge in [-0.2, -0.15) is 5.10 Å². The van der Waals surface area contributed by atoms with E-state index in [1.807, 2.05) is 32.2 Å². The normalized spacial score (nSPS) is 12.4. The Labute approximate surface area is 171 Å². The maximum absolute atomic E-state index is 14.5.